The molecule has 2 aromatic rings. The number of benzene rings is 1. The number of sulfonamides is 1. The van der Waals surface area contributed by atoms with Gasteiger partial charge in [-0.3, -0.25) is 4.57 Å². The van der Waals surface area contributed by atoms with Gasteiger partial charge in [-0.25, -0.2) is 17.9 Å². The van der Waals surface area contributed by atoms with Gasteiger partial charge in [-0.05, 0) is 28.1 Å². The average Bonchev–Trinajstić information content (AvgIpc) is 2.83. The molecule has 0 unspecified atom stereocenters. The van der Waals surface area contributed by atoms with Crippen LogP contribution < -0.4 is 5.14 Å². The molecule has 1 heterocycles. The van der Waals surface area contributed by atoms with Crippen molar-refractivity contribution in [2.75, 3.05) is 13.7 Å². The molecule has 2 N–H and O–H groups in total. The van der Waals surface area contributed by atoms with Crippen molar-refractivity contribution in [2.45, 2.75) is 11.7 Å². The van der Waals surface area contributed by atoms with Crippen molar-refractivity contribution in [3.8, 4) is 11.4 Å². The SMILES string of the molecule is COCCn1c(-c2cccc(F)c2Br)nnc1S(N)(=O)=O. The van der Waals surface area contributed by atoms with Crippen molar-refractivity contribution >= 4 is 26.0 Å². The van der Waals surface area contributed by atoms with Gasteiger partial charge in [0, 0.05) is 12.7 Å². The van der Waals surface area contributed by atoms with E-state index in [9.17, 15) is 12.8 Å². The van der Waals surface area contributed by atoms with E-state index in [2.05, 4.69) is 26.1 Å². The zero-order valence-corrected chi connectivity index (χ0v) is 13.4. The zero-order valence-electron chi connectivity index (χ0n) is 11.0. The molecule has 0 amide bonds. The second kappa shape index (κ2) is 6.18. The van der Waals surface area contributed by atoms with E-state index in [0.717, 1.165) is 0 Å². The smallest absolute Gasteiger partial charge is 0.273 e. The van der Waals surface area contributed by atoms with Crippen LogP contribution in [0, 0.1) is 5.82 Å². The van der Waals surface area contributed by atoms with Crippen molar-refractivity contribution in [2.24, 2.45) is 5.14 Å². The lowest BCUT2D eigenvalue weighted by molar-refractivity contribution is 0.185. The highest BCUT2D eigenvalue weighted by atomic mass is 79.9. The lowest BCUT2D eigenvalue weighted by Crippen LogP contribution is -2.20. The summed E-state index contributed by atoms with van der Waals surface area (Å²) < 4.78 is 43.1. The highest BCUT2D eigenvalue weighted by molar-refractivity contribution is 9.10. The van der Waals surface area contributed by atoms with Gasteiger partial charge in [-0.15, -0.1) is 10.2 Å². The van der Waals surface area contributed by atoms with Crippen LogP contribution in [-0.2, 0) is 21.3 Å². The summed E-state index contributed by atoms with van der Waals surface area (Å²) in [7, 11) is -2.58. The molecule has 1 aromatic heterocycles. The first-order valence-corrected chi connectivity index (χ1v) is 8.09. The summed E-state index contributed by atoms with van der Waals surface area (Å²) in [5, 5.41) is 12.1. The maximum atomic E-state index is 13.6. The second-order valence-electron chi connectivity index (χ2n) is 4.10. The molecule has 21 heavy (non-hydrogen) atoms. The van der Waals surface area contributed by atoms with Crippen LogP contribution in [0.5, 0.6) is 0 Å². The molecular weight excluding hydrogens is 367 g/mol. The van der Waals surface area contributed by atoms with Gasteiger partial charge >= 0.3 is 0 Å². The fourth-order valence-electron chi connectivity index (χ4n) is 1.76. The molecule has 0 fully saturated rings. The average molecular weight is 379 g/mol. The Hall–Kier alpha value is -1.36. The summed E-state index contributed by atoms with van der Waals surface area (Å²) >= 11 is 3.11. The number of primary sulfonamides is 1. The van der Waals surface area contributed by atoms with Crippen LogP contribution in [0.15, 0.2) is 27.8 Å². The van der Waals surface area contributed by atoms with Crippen LogP contribution in [0.2, 0.25) is 0 Å². The summed E-state index contributed by atoms with van der Waals surface area (Å²) in [6, 6.07) is 4.35. The summed E-state index contributed by atoms with van der Waals surface area (Å²) in [6.45, 7) is 0.383. The molecule has 10 heteroatoms. The topological polar surface area (TPSA) is 100 Å². The van der Waals surface area contributed by atoms with Crippen LogP contribution in [0.1, 0.15) is 0 Å². The third kappa shape index (κ3) is 3.28. The molecule has 0 aliphatic carbocycles. The van der Waals surface area contributed by atoms with E-state index >= 15 is 0 Å². The second-order valence-corrected chi connectivity index (χ2v) is 6.35. The van der Waals surface area contributed by atoms with Gasteiger partial charge in [0.05, 0.1) is 17.6 Å². The molecule has 2 rings (SSSR count). The zero-order chi connectivity index (χ0) is 15.6. The monoisotopic (exact) mass is 378 g/mol. The molecule has 114 valence electrons. The van der Waals surface area contributed by atoms with Crippen molar-refractivity contribution in [1.82, 2.24) is 14.8 Å². The summed E-state index contributed by atoms with van der Waals surface area (Å²) in [4.78, 5) is 0. The van der Waals surface area contributed by atoms with Gasteiger partial charge in [-0.1, -0.05) is 6.07 Å². The summed E-state index contributed by atoms with van der Waals surface area (Å²) in [6.07, 6.45) is 0. The minimum Gasteiger partial charge on any atom is -0.383 e. The molecule has 7 nitrogen and oxygen atoms in total. The summed E-state index contributed by atoms with van der Waals surface area (Å²) in [5.41, 5.74) is 0.369. The first-order valence-electron chi connectivity index (χ1n) is 5.75. The fraction of sp³-hybridized carbons (Fsp3) is 0.273. The Morgan fingerprint density at radius 3 is 2.76 bits per heavy atom. The number of hydrogen-bond acceptors (Lipinski definition) is 5. The Balaban J connectivity index is 2.64. The Morgan fingerprint density at radius 2 is 2.14 bits per heavy atom. The number of nitrogens with zero attached hydrogens (tertiary/aromatic N) is 3. The molecule has 1 aromatic carbocycles. The van der Waals surface area contributed by atoms with E-state index in [4.69, 9.17) is 9.88 Å². The van der Waals surface area contributed by atoms with E-state index < -0.39 is 21.0 Å². The van der Waals surface area contributed by atoms with Gasteiger partial charge < -0.3 is 4.74 Å². The van der Waals surface area contributed by atoms with Crippen molar-refractivity contribution in [1.29, 1.82) is 0 Å². The third-order valence-corrected chi connectivity index (χ3v) is 4.30. The van der Waals surface area contributed by atoms with Crippen molar-refractivity contribution in [3.05, 3.63) is 28.5 Å². The number of nitrogens with two attached hydrogens (primary N) is 1. The van der Waals surface area contributed by atoms with E-state index in [1.165, 1.54) is 23.8 Å². The molecule has 0 radical (unpaired) electrons. The normalized spacial score (nSPS) is 11.8. The number of hydrogen-bond donors (Lipinski definition) is 1. The first kappa shape index (κ1) is 16.0. The lowest BCUT2D eigenvalue weighted by atomic mass is 10.2. The fourth-order valence-corrected chi connectivity index (χ4v) is 2.84. The third-order valence-electron chi connectivity index (χ3n) is 2.68. The Morgan fingerprint density at radius 1 is 1.43 bits per heavy atom. The number of methoxy groups -OCH3 is 1. The van der Waals surface area contributed by atoms with E-state index in [1.54, 1.807) is 6.07 Å². The van der Waals surface area contributed by atoms with E-state index in [-0.39, 0.29) is 23.4 Å². The quantitative estimate of drug-likeness (QED) is 0.840. The summed E-state index contributed by atoms with van der Waals surface area (Å²) in [5.74, 6) is -0.312. The molecule has 0 bridgehead atoms. The van der Waals surface area contributed by atoms with Gasteiger partial charge in [0.25, 0.3) is 15.2 Å². The van der Waals surface area contributed by atoms with E-state index in [1.807, 2.05) is 0 Å². The highest BCUT2D eigenvalue weighted by Crippen LogP contribution is 2.30. The first-order chi connectivity index (χ1) is 9.86. The maximum Gasteiger partial charge on any atom is 0.273 e. The minimum absolute atomic E-state index is 0.160. The van der Waals surface area contributed by atoms with Crippen LogP contribution >= 0.6 is 15.9 Å². The Kier molecular flexibility index (Phi) is 4.71. The van der Waals surface area contributed by atoms with E-state index in [0.29, 0.717) is 5.56 Å². The van der Waals surface area contributed by atoms with Gasteiger partial charge in [0.15, 0.2) is 5.82 Å². The number of halogens is 2. The van der Waals surface area contributed by atoms with Crippen LogP contribution in [0.4, 0.5) is 4.39 Å². The standard InChI is InChI=1S/C11H12BrFN4O3S/c1-20-6-5-17-10(15-16-11(17)21(14,18)19)7-3-2-4-8(13)9(7)12/h2-4H,5-6H2,1H3,(H2,14,18,19). The van der Waals surface area contributed by atoms with Gasteiger partial charge in [0.2, 0.25) is 0 Å². The largest absolute Gasteiger partial charge is 0.383 e. The van der Waals surface area contributed by atoms with Gasteiger partial charge in [-0.2, -0.15) is 0 Å². The molecule has 0 aliphatic heterocycles. The molecule has 0 atom stereocenters. The highest BCUT2D eigenvalue weighted by Gasteiger charge is 2.23. The Bertz CT molecular complexity index is 763. The number of rotatable bonds is 5. The molecule has 0 saturated heterocycles. The van der Waals surface area contributed by atoms with Crippen LogP contribution in [0.25, 0.3) is 11.4 Å². The van der Waals surface area contributed by atoms with Crippen molar-refractivity contribution in [3.63, 3.8) is 0 Å². The number of aromatic nitrogens is 3. The molecule has 0 saturated carbocycles. The minimum atomic E-state index is -4.05. The van der Waals surface area contributed by atoms with Crippen LogP contribution in [-0.4, -0.2) is 36.9 Å². The maximum absolute atomic E-state index is 13.6. The Labute approximate surface area is 129 Å². The predicted octanol–water partition coefficient (Wildman–Crippen LogP) is 1.14. The molecular formula is C11H12BrFN4O3S. The molecule has 0 spiro atoms. The lowest BCUT2D eigenvalue weighted by Gasteiger charge is -2.10. The predicted molar refractivity (Wildman–Crippen MR) is 76.4 cm³/mol. The molecule has 0 aliphatic rings. The van der Waals surface area contributed by atoms with Gasteiger partial charge in [0.1, 0.15) is 5.82 Å². The van der Waals surface area contributed by atoms with Crippen molar-refractivity contribution < 1.29 is 17.5 Å². The number of ether oxygens (including phenoxy) is 1. The van der Waals surface area contributed by atoms with Crippen LogP contribution in [0.3, 0.4) is 0 Å².